The molecule has 1 saturated heterocycles. The number of likely N-dealkylation sites (tertiary alicyclic amines) is 1. The molecule has 2 amide bonds. The molecule has 1 aliphatic rings. The van der Waals surface area contributed by atoms with Crippen molar-refractivity contribution in [3.05, 3.63) is 29.8 Å². The second-order valence-electron chi connectivity index (χ2n) is 6.29. The van der Waals surface area contributed by atoms with Crippen molar-refractivity contribution in [1.29, 1.82) is 0 Å². The highest BCUT2D eigenvalue weighted by Crippen LogP contribution is 2.28. The van der Waals surface area contributed by atoms with E-state index < -0.39 is 30.4 Å². The maximum atomic E-state index is 12.3. The van der Waals surface area contributed by atoms with Gasteiger partial charge in [0, 0.05) is 12.6 Å². The van der Waals surface area contributed by atoms with Gasteiger partial charge in [0.1, 0.15) is 6.04 Å². The van der Waals surface area contributed by atoms with Gasteiger partial charge in [0.2, 0.25) is 5.91 Å². The van der Waals surface area contributed by atoms with Gasteiger partial charge in [-0.1, -0.05) is 6.07 Å². The quantitative estimate of drug-likeness (QED) is 0.533. The van der Waals surface area contributed by atoms with Gasteiger partial charge in [0.15, 0.2) is 18.1 Å². The molecule has 28 heavy (non-hydrogen) atoms. The summed E-state index contributed by atoms with van der Waals surface area (Å²) in [6.07, 6.45) is 4.95. The lowest BCUT2D eigenvalue weighted by Gasteiger charge is -2.33. The third-order valence-corrected chi connectivity index (χ3v) is 4.39. The third kappa shape index (κ3) is 5.73. The number of amides is 2. The normalized spacial score (nSPS) is 16.6. The van der Waals surface area contributed by atoms with Gasteiger partial charge in [-0.15, -0.1) is 0 Å². The Morgan fingerprint density at radius 3 is 2.71 bits per heavy atom. The van der Waals surface area contributed by atoms with Gasteiger partial charge < -0.3 is 24.8 Å². The second-order valence-corrected chi connectivity index (χ2v) is 6.29. The summed E-state index contributed by atoms with van der Waals surface area (Å²) >= 11 is 0. The number of nitrogens with zero attached hydrogens (tertiary/aromatic N) is 1. The van der Waals surface area contributed by atoms with Crippen LogP contribution in [0, 0.1) is 0 Å². The first-order valence-corrected chi connectivity index (χ1v) is 9.20. The molecule has 1 heterocycles. The number of benzene rings is 1. The van der Waals surface area contributed by atoms with E-state index in [0.29, 0.717) is 36.6 Å². The van der Waals surface area contributed by atoms with Crippen LogP contribution in [-0.2, 0) is 19.1 Å². The summed E-state index contributed by atoms with van der Waals surface area (Å²) in [6, 6.07) is 4.61. The Hall–Kier alpha value is -3.03. The van der Waals surface area contributed by atoms with Crippen molar-refractivity contribution in [3.63, 3.8) is 0 Å². The molecule has 2 N–H and O–H groups in total. The summed E-state index contributed by atoms with van der Waals surface area (Å²) in [5, 5.41) is 0. The number of piperidine rings is 1. The topological polar surface area (TPSA) is 108 Å². The van der Waals surface area contributed by atoms with Crippen molar-refractivity contribution in [1.82, 2.24) is 4.90 Å². The van der Waals surface area contributed by atoms with Gasteiger partial charge in [-0.2, -0.15) is 0 Å². The van der Waals surface area contributed by atoms with Crippen molar-refractivity contribution in [2.24, 2.45) is 5.73 Å². The number of esters is 1. The van der Waals surface area contributed by atoms with Crippen molar-refractivity contribution in [2.75, 3.05) is 26.9 Å². The summed E-state index contributed by atoms with van der Waals surface area (Å²) < 4.78 is 15.7. The molecule has 0 saturated carbocycles. The van der Waals surface area contributed by atoms with Crippen molar-refractivity contribution < 1.29 is 28.6 Å². The molecule has 2 rings (SSSR count). The van der Waals surface area contributed by atoms with Crippen molar-refractivity contribution >= 4 is 23.9 Å². The second kappa shape index (κ2) is 10.3. The number of carbonyl (C=O) groups excluding carboxylic acids is 3. The first kappa shape index (κ1) is 21.3. The minimum absolute atomic E-state index is 0.423. The van der Waals surface area contributed by atoms with Crippen LogP contribution in [0.25, 0.3) is 6.08 Å². The van der Waals surface area contributed by atoms with Gasteiger partial charge in [-0.25, -0.2) is 4.79 Å². The molecule has 0 spiro atoms. The molecule has 0 aromatic heterocycles. The Kier molecular flexibility index (Phi) is 7.86. The fraction of sp³-hybridized carbons (Fsp3) is 0.450. The van der Waals surface area contributed by atoms with Crippen LogP contribution < -0.4 is 15.2 Å². The molecule has 1 aliphatic heterocycles. The predicted octanol–water partition coefficient (Wildman–Crippen LogP) is 1.52. The molecule has 0 aliphatic carbocycles. The first-order valence-electron chi connectivity index (χ1n) is 9.20. The molecule has 152 valence electrons. The largest absolute Gasteiger partial charge is 0.493 e. The summed E-state index contributed by atoms with van der Waals surface area (Å²) in [6.45, 7) is 2.39. The van der Waals surface area contributed by atoms with E-state index in [2.05, 4.69) is 0 Å². The number of primary amides is 1. The highest BCUT2D eigenvalue weighted by molar-refractivity contribution is 5.91. The predicted molar refractivity (Wildman–Crippen MR) is 103 cm³/mol. The zero-order chi connectivity index (χ0) is 20.5. The van der Waals surface area contributed by atoms with E-state index in [1.807, 2.05) is 6.92 Å². The van der Waals surface area contributed by atoms with Crippen LogP contribution in [0.3, 0.4) is 0 Å². The van der Waals surface area contributed by atoms with E-state index in [1.165, 1.54) is 18.1 Å². The fourth-order valence-corrected chi connectivity index (χ4v) is 3.02. The summed E-state index contributed by atoms with van der Waals surface area (Å²) in [4.78, 5) is 37.0. The van der Waals surface area contributed by atoms with Crippen LogP contribution >= 0.6 is 0 Å². The number of methoxy groups -OCH3 is 1. The molecule has 1 atom stereocenters. The lowest BCUT2D eigenvalue weighted by atomic mass is 10.0. The van der Waals surface area contributed by atoms with Crippen molar-refractivity contribution in [3.8, 4) is 11.5 Å². The Morgan fingerprint density at radius 2 is 2.04 bits per heavy atom. The van der Waals surface area contributed by atoms with Crippen LogP contribution in [0.5, 0.6) is 11.5 Å². The lowest BCUT2D eigenvalue weighted by molar-refractivity contribution is -0.151. The average Bonchev–Trinajstić information content (AvgIpc) is 2.71. The number of rotatable bonds is 8. The zero-order valence-electron chi connectivity index (χ0n) is 16.2. The van der Waals surface area contributed by atoms with Crippen LogP contribution in [-0.4, -0.2) is 55.6 Å². The molecule has 1 fully saturated rings. The van der Waals surface area contributed by atoms with E-state index in [4.69, 9.17) is 19.9 Å². The van der Waals surface area contributed by atoms with E-state index in [-0.39, 0.29) is 0 Å². The van der Waals surface area contributed by atoms with Crippen LogP contribution in [0.15, 0.2) is 24.3 Å². The van der Waals surface area contributed by atoms with E-state index >= 15 is 0 Å². The summed E-state index contributed by atoms with van der Waals surface area (Å²) in [7, 11) is 1.53. The van der Waals surface area contributed by atoms with Crippen molar-refractivity contribution in [2.45, 2.75) is 32.2 Å². The van der Waals surface area contributed by atoms with E-state index in [9.17, 15) is 14.4 Å². The molecule has 1 aromatic rings. The maximum Gasteiger partial charge on any atom is 0.331 e. The Morgan fingerprint density at radius 1 is 1.25 bits per heavy atom. The molecule has 0 radical (unpaired) electrons. The van der Waals surface area contributed by atoms with E-state index in [0.717, 1.165) is 12.8 Å². The molecular formula is C20H26N2O6. The Balaban J connectivity index is 1.91. The maximum absolute atomic E-state index is 12.3. The molecule has 8 heteroatoms. The minimum atomic E-state index is -0.658. The highest BCUT2D eigenvalue weighted by Gasteiger charge is 2.30. The van der Waals surface area contributed by atoms with Gasteiger partial charge in [0.25, 0.3) is 5.91 Å². The Bertz CT molecular complexity index is 746. The number of carbonyl (C=O) groups is 3. The smallest absolute Gasteiger partial charge is 0.331 e. The molecular weight excluding hydrogens is 364 g/mol. The minimum Gasteiger partial charge on any atom is -0.493 e. The standard InChI is InChI=1S/C20H26N2O6/c1-3-27-16-9-7-14(12-17(16)26-2)8-10-19(24)28-13-18(23)22-11-5-4-6-15(22)20(21)25/h7-10,12,15H,3-6,11,13H2,1-2H3,(H2,21,25)/b10-8+/t15-/m0/s1. The lowest BCUT2D eigenvalue weighted by Crippen LogP contribution is -2.51. The SMILES string of the molecule is CCOc1ccc(/C=C/C(=O)OCC(=O)N2CCCC[C@H]2C(N)=O)cc1OC. The van der Waals surface area contributed by atoms with Gasteiger partial charge in [0.05, 0.1) is 13.7 Å². The molecule has 8 nitrogen and oxygen atoms in total. The van der Waals surface area contributed by atoms with Crippen LogP contribution in [0.2, 0.25) is 0 Å². The molecule has 0 bridgehead atoms. The number of ether oxygens (including phenoxy) is 3. The fourth-order valence-electron chi connectivity index (χ4n) is 3.02. The highest BCUT2D eigenvalue weighted by atomic mass is 16.5. The zero-order valence-corrected chi connectivity index (χ0v) is 16.2. The summed E-state index contributed by atoms with van der Waals surface area (Å²) in [5.74, 6) is -0.457. The third-order valence-electron chi connectivity index (χ3n) is 4.39. The van der Waals surface area contributed by atoms with Crippen LogP contribution in [0.1, 0.15) is 31.7 Å². The first-order chi connectivity index (χ1) is 13.5. The Labute approximate surface area is 164 Å². The van der Waals surface area contributed by atoms with E-state index in [1.54, 1.807) is 24.3 Å². The van der Waals surface area contributed by atoms with Crippen LogP contribution in [0.4, 0.5) is 0 Å². The number of nitrogens with two attached hydrogens (primary N) is 1. The van der Waals surface area contributed by atoms with Gasteiger partial charge in [-0.05, 0) is 50.0 Å². The number of hydrogen-bond acceptors (Lipinski definition) is 6. The summed E-state index contributed by atoms with van der Waals surface area (Å²) in [5.41, 5.74) is 6.06. The van der Waals surface area contributed by atoms with Gasteiger partial charge in [-0.3, -0.25) is 9.59 Å². The monoisotopic (exact) mass is 390 g/mol. The average molecular weight is 390 g/mol. The van der Waals surface area contributed by atoms with Gasteiger partial charge >= 0.3 is 5.97 Å². The number of hydrogen-bond donors (Lipinski definition) is 1. The molecule has 1 aromatic carbocycles. The molecule has 0 unspecified atom stereocenters.